The van der Waals surface area contributed by atoms with E-state index in [4.69, 9.17) is 4.74 Å². The van der Waals surface area contributed by atoms with E-state index in [1.807, 2.05) is 42.5 Å². The smallest absolute Gasteiger partial charge is 0.313 e. The molecule has 0 radical (unpaired) electrons. The second kappa shape index (κ2) is 8.77. The molecule has 0 spiro atoms. The predicted octanol–water partition coefficient (Wildman–Crippen LogP) is 3.81. The van der Waals surface area contributed by atoms with Crippen molar-refractivity contribution in [2.75, 3.05) is 19.7 Å². The largest absolute Gasteiger partial charge is 0.466 e. The van der Waals surface area contributed by atoms with E-state index in [9.17, 15) is 13.2 Å². The zero-order chi connectivity index (χ0) is 21.9. The number of rotatable bonds is 6. The molecule has 4 rings (SSSR count). The van der Waals surface area contributed by atoms with Crippen LogP contribution in [0.1, 0.15) is 25.3 Å². The summed E-state index contributed by atoms with van der Waals surface area (Å²) < 4.78 is 34.2. The Balaban J connectivity index is 1.72. The predicted molar refractivity (Wildman–Crippen MR) is 119 cm³/mol. The van der Waals surface area contributed by atoms with Gasteiger partial charge in [-0.1, -0.05) is 48.5 Å². The summed E-state index contributed by atoms with van der Waals surface area (Å²) in [7, 11) is -3.84. The summed E-state index contributed by atoms with van der Waals surface area (Å²) in [5.41, 5.74) is 0.516. The average Bonchev–Trinajstić information content (AvgIpc) is 2.79. The summed E-state index contributed by atoms with van der Waals surface area (Å²) in [6.45, 7) is 2.48. The molecule has 0 unspecified atom stereocenters. The van der Waals surface area contributed by atoms with Crippen LogP contribution >= 0.6 is 0 Å². The third kappa shape index (κ3) is 4.20. The first-order valence-electron chi connectivity index (χ1n) is 10.5. The number of fused-ring (bicyclic) bond motifs is 1. The summed E-state index contributed by atoms with van der Waals surface area (Å²) in [6.07, 6.45) is 3.20. The highest BCUT2D eigenvalue weighted by molar-refractivity contribution is 7.89. The van der Waals surface area contributed by atoms with Gasteiger partial charge in [-0.25, -0.2) is 8.42 Å². The zero-order valence-corrected chi connectivity index (χ0v) is 18.3. The second-order valence-corrected chi connectivity index (χ2v) is 9.84. The van der Waals surface area contributed by atoms with E-state index in [-0.39, 0.29) is 24.0 Å². The van der Waals surface area contributed by atoms with Crippen LogP contribution in [0.5, 0.6) is 0 Å². The molecule has 0 aliphatic carbocycles. The first kappa shape index (κ1) is 21.5. The number of hydrogen-bond acceptors (Lipinski definition) is 5. The topological polar surface area (TPSA) is 76.6 Å². The van der Waals surface area contributed by atoms with E-state index < -0.39 is 15.4 Å². The van der Waals surface area contributed by atoms with Crippen LogP contribution in [-0.4, -0.2) is 43.4 Å². The lowest BCUT2D eigenvalue weighted by Gasteiger charge is -2.40. The molecule has 1 aliphatic rings. The number of aromatic nitrogens is 1. The number of carbonyl (C=O) groups is 1. The zero-order valence-electron chi connectivity index (χ0n) is 17.5. The Kier molecular flexibility index (Phi) is 6.07. The van der Waals surface area contributed by atoms with Crippen molar-refractivity contribution in [3.05, 3.63) is 72.4 Å². The third-order valence-corrected chi connectivity index (χ3v) is 7.73. The van der Waals surface area contributed by atoms with Gasteiger partial charge in [0.25, 0.3) is 0 Å². The first-order valence-corrected chi connectivity index (χ1v) is 12.0. The molecule has 1 aliphatic heterocycles. The van der Waals surface area contributed by atoms with Crippen molar-refractivity contribution in [2.45, 2.75) is 31.1 Å². The Bertz CT molecular complexity index is 1180. The van der Waals surface area contributed by atoms with E-state index in [2.05, 4.69) is 4.98 Å². The van der Waals surface area contributed by atoms with Crippen LogP contribution in [0.2, 0.25) is 0 Å². The van der Waals surface area contributed by atoms with Crippen molar-refractivity contribution in [2.24, 2.45) is 5.41 Å². The summed E-state index contributed by atoms with van der Waals surface area (Å²) in [6, 6.07) is 18.5. The molecule has 6 nitrogen and oxygen atoms in total. The molecule has 2 heterocycles. The minimum Gasteiger partial charge on any atom is -0.466 e. The highest BCUT2D eigenvalue weighted by atomic mass is 32.2. The van der Waals surface area contributed by atoms with Crippen molar-refractivity contribution in [3.8, 4) is 0 Å². The molecule has 1 atom stereocenters. The summed E-state index contributed by atoms with van der Waals surface area (Å²) in [5.74, 6) is -0.338. The summed E-state index contributed by atoms with van der Waals surface area (Å²) >= 11 is 0. The standard InChI is InChI=1S/C24H26N2O4S/c1-2-30-23(27)24(17-19-9-4-3-5-10-19)14-8-16-26(18-24)31(28,29)21-13-6-11-20-12-7-15-25-22(20)21/h3-7,9-13,15H,2,8,14,16-18H2,1H3/t24-/m0/s1. The molecule has 1 saturated heterocycles. The van der Waals surface area contributed by atoms with Crippen LogP contribution in [0.15, 0.2) is 71.8 Å². The van der Waals surface area contributed by atoms with Crippen LogP contribution in [0, 0.1) is 5.41 Å². The Morgan fingerprint density at radius 3 is 2.65 bits per heavy atom. The Labute approximate surface area is 182 Å². The number of hydrogen-bond donors (Lipinski definition) is 0. The summed E-state index contributed by atoms with van der Waals surface area (Å²) in [4.78, 5) is 17.6. The number of piperidine rings is 1. The van der Waals surface area contributed by atoms with E-state index in [0.29, 0.717) is 31.3 Å². The number of ether oxygens (including phenoxy) is 1. The molecule has 31 heavy (non-hydrogen) atoms. The first-order chi connectivity index (χ1) is 15.0. The molecule has 2 aromatic carbocycles. The molecule has 0 saturated carbocycles. The highest BCUT2D eigenvalue weighted by Crippen LogP contribution is 2.38. The number of para-hydroxylation sites is 1. The fourth-order valence-electron chi connectivity index (χ4n) is 4.37. The van der Waals surface area contributed by atoms with E-state index >= 15 is 0 Å². The number of pyridine rings is 1. The van der Waals surface area contributed by atoms with E-state index in [0.717, 1.165) is 10.9 Å². The fourth-order valence-corrected chi connectivity index (χ4v) is 6.10. The molecule has 1 aromatic heterocycles. The van der Waals surface area contributed by atoms with Gasteiger partial charge in [0.15, 0.2) is 0 Å². The fraction of sp³-hybridized carbons (Fsp3) is 0.333. The van der Waals surface area contributed by atoms with Crippen LogP contribution in [-0.2, 0) is 26.0 Å². The van der Waals surface area contributed by atoms with Crippen molar-refractivity contribution in [3.63, 3.8) is 0 Å². The van der Waals surface area contributed by atoms with Crippen molar-refractivity contribution in [1.29, 1.82) is 0 Å². The van der Waals surface area contributed by atoms with Crippen LogP contribution in [0.3, 0.4) is 0 Å². The molecule has 0 bridgehead atoms. The maximum atomic E-state index is 13.7. The molecule has 1 fully saturated rings. The highest BCUT2D eigenvalue weighted by Gasteiger charge is 2.46. The maximum absolute atomic E-state index is 13.7. The van der Waals surface area contributed by atoms with Gasteiger partial charge in [0.05, 0.1) is 17.5 Å². The monoisotopic (exact) mass is 438 g/mol. The third-order valence-electron chi connectivity index (χ3n) is 5.85. The number of esters is 1. The number of carbonyl (C=O) groups excluding carboxylic acids is 1. The molecule has 0 N–H and O–H groups in total. The van der Waals surface area contributed by atoms with Crippen LogP contribution < -0.4 is 0 Å². The van der Waals surface area contributed by atoms with Gasteiger partial charge < -0.3 is 4.74 Å². The van der Waals surface area contributed by atoms with Gasteiger partial charge in [0.1, 0.15) is 4.90 Å². The molecule has 0 amide bonds. The lowest BCUT2D eigenvalue weighted by molar-refractivity contribution is -0.157. The normalized spacial score (nSPS) is 19.9. The van der Waals surface area contributed by atoms with Crippen molar-refractivity contribution in [1.82, 2.24) is 9.29 Å². The maximum Gasteiger partial charge on any atom is 0.313 e. The Morgan fingerprint density at radius 2 is 1.87 bits per heavy atom. The lowest BCUT2D eigenvalue weighted by atomic mass is 9.75. The van der Waals surface area contributed by atoms with Gasteiger partial charge >= 0.3 is 5.97 Å². The van der Waals surface area contributed by atoms with Gasteiger partial charge in [0.2, 0.25) is 10.0 Å². The van der Waals surface area contributed by atoms with Gasteiger partial charge in [0, 0.05) is 24.7 Å². The SMILES string of the molecule is CCOC(=O)[C@]1(Cc2ccccc2)CCCN(S(=O)(=O)c2cccc3cccnc23)C1. The number of nitrogens with zero attached hydrogens (tertiary/aromatic N) is 2. The summed E-state index contributed by atoms with van der Waals surface area (Å²) in [5, 5.41) is 0.765. The molecular formula is C24H26N2O4S. The molecule has 3 aromatic rings. The van der Waals surface area contributed by atoms with Crippen LogP contribution in [0.25, 0.3) is 10.9 Å². The quantitative estimate of drug-likeness (QED) is 0.547. The lowest BCUT2D eigenvalue weighted by Crippen LogP contribution is -2.51. The van der Waals surface area contributed by atoms with Crippen molar-refractivity contribution < 1.29 is 17.9 Å². The minimum atomic E-state index is -3.84. The Hall–Kier alpha value is -2.77. The van der Waals surface area contributed by atoms with Crippen molar-refractivity contribution >= 4 is 26.9 Å². The van der Waals surface area contributed by atoms with Gasteiger partial charge in [-0.15, -0.1) is 0 Å². The van der Waals surface area contributed by atoms with E-state index in [1.165, 1.54) is 4.31 Å². The Morgan fingerprint density at radius 1 is 1.10 bits per heavy atom. The van der Waals surface area contributed by atoms with Gasteiger partial charge in [-0.2, -0.15) is 4.31 Å². The minimum absolute atomic E-state index is 0.0896. The number of benzene rings is 2. The van der Waals surface area contributed by atoms with Gasteiger partial charge in [-0.3, -0.25) is 9.78 Å². The van der Waals surface area contributed by atoms with Gasteiger partial charge in [-0.05, 0) is 43.9 Å². The molecular weight excluding hydrogens is 412 g/mol. The van der Waals surface area contributed by atoms with E-state index in [1.54, 1.807) is 31.3 Å². The van der Waals surface area contributed by atoms with Crippen LogP contribution in [0.4, 0.5) is 0 Å². The molecule has 7 heteroatoms. The molecule has 162 valence electrons. The second-order valence-electron chi connectivity index (χ2n) is 7.94. The average molecular weight is 439 g/mol. The number of sulfonamides is 1.